The van der Waals surface area contributed by atoms with Crippen LogP contribution in [0.1, 0.15) is 39.0 Å². The van der Waals surface area contributed by atoms with Crippen molar-refractivity contribution in [1.82, 2.24) is 5.32 Å². The third kappa shape index (κ3) is 2.01. The summed E-state index contributed by atoms with van der Waals surface area (Å²) in [6.45, 7) is 3.30. The average molecular weight is 198 g/mol. The summed E-state index contributed by atoms with van der Waals surface area (Å²) in [4.78, 5) is 4.51. The Bertz CT molecular complexity index is 203. The average Bonchev–Trinajstić information content (AvgIpc) is 2.13. The van der Waals surface area contributed by atoms with E-state index in [0.29, 0.717) is 5.54 Å². The predicted molar refractivity (Wildman–Crippen MR) is 59.4 cm³/mol. The highest BCUT2D eigenvalue weighted by Gasteiger charge is 2.35. The zero-order chi connectivity index (χ0) is 9.15. The molecular formula is C10H18N2S. The van der Waals surface area contributed by atoms with Crippen molar-refractivity contribution in [3.8, 4) is 0 Å². The van der Waals surface area contributed by atoms with Crippen molar-refractivity contribution < 1.29 is 0 Å². The highest BCUT2D eigenvalue weighted by Crippen LogP contribution is 2.35. The summed E-state index contributed by atoms with van der Waals surface area (Å²) in [5, 5.41) is 4.83. The van der Waals surface area contributed by atoms with E-state index in [2.05, 4.69) is 17.2 Å². The third-order valence-electron chi connectivity index (χ3n) is 3.16. The molecule has 1 aliphatic carbocycles. The van der Waals surface area contributed by atoms with E-state index in [4.69, 9.17) is 0 Å². The molecule has 0 radical (unpaired) electrons. The summed E-state index contributed by atoms with van der Waals surface area (Å²) in [6.07, 6.45) is 6.55. The zero-order valence-electron chi connectivity index (χ0n) is 8.31. The van der Waals surface area contributed by atoms with Gasteiger partial charge in [0.15, 0.2) is 5.17 Å². The lowest BCUT2D eigenvalue weighted by Gasteiger charge is -2.43. The summed E-state index contributed by atoms with van der Waals surface area (Å²) in [6, 6.07) is 0. The minimum absolute atomic E-state index is 0.420. The van der Waals surface area contributed by atoms with Crippen LogP contribution in [0.15, 0.2) is 4.99 Å². The second kappa shape index (κ2) is 3.91. The van der Waals surface area contributed by atoms with Crippen molar-refractivity contribution in [3.63, 3.8) is 0 Å². The summed E-state index contributed by atoms with van der Waals surface area (Å²) in [5.74, 6) is 1.24. The van der Waals surface area contributed by atoms with E-state index in [1.54, 1.807) is 0 Å². The number of aliphatic imine (C=N–C) groups is 1. The molecule has 0 amide bonds. The Kier molecular flexibility index (Phi) is 2.82. The van der Waals surface area contributed by atoms with Crippen LogP contribution < -0.4 is 5.32 Å². The Balaban J connectivity index is 1.91. The lowest BCUT2D eigenvalue weighted by molar-refractivity contribution is 0.211. The van der Waals surface area contributed by atoms with Crippen molar-refractivity contribution >= 4 is 16.9 Å². The van der Waals surface area contributed by atoms with E-state index in [0.717, 1.165) is 6.54 Å². The van der Waals surface area contributed by atoms with Crippen LogP contribution in [0, 0.1) is 0 Å². The van der Waals surface area contributed by atoms with Gasteiger partial charge in [-0.15, -0.1) is 0 Å². The fourth-order valence-electron chi connectivity index (χ4n) is 1.93. The Labute approximate surface area is 84.6 Å². The van der Waals surface area contributed by atoms with Gasteiger partial charge in [0.05, 0.1) is 0 Å². The topological polar surface area (TPSA) is 24.4 Å². The molecule has 0 aromatic carbocycles. The lowest BCUT2D eigenvalue weighted by atomic mass is 9.75. The zero-order valence-corrected chi connectivity index (χ0v) is 9.12. The van der Waals surface area contributed by atoms with E-state index >= 15 is 0 Å². The fraction of sp³-hybridized carbons (Fsp3) is 0.900. The van der Waals surface area contributed by atoms with Crippen LogP contribution in [0.3, 0.4) is 0 Å². The molecule has 1 heterocycles. The fourth-order valence-corrected chi connectivity index (χ4v) is 2.87. The first-order chi connectivity index (χ1) is 6.35. The number of amidine groups is 1. The van der Waals surface area contributed by atoms with E-state index in [1.807, 2.05) is 11.8 Å². The Morgan fingerprint density at radius 1 is 1.46 bits per heavy atom. The molecule has 13 heavy (non-hydrogen) atoms. The summed E-state index contributed by atoms with van der Waals surface area (Å²) in [7, 11) is 0. The number of nitrogens with zero attached hydrogens (tertiary/aromatic N) is 1. The van der Waals surface area contributed by atoms with Crippen LogP contribution in [0.5, 0.6) is 0 Å². The number of rotatable bonds is 2. The van der Waals surface area contributed by atoms with Gasteiger partial charge in [0.2, 0.25) is 0 Å². The molecule has 2 nitrogen and oxygen atoms in total. The van der Waals surface area contributed by atoms with Crippen molar-refractivity contribution in [2.24, 2.45) is 4.99 Å². The number of hydrogen-bond acceptors (Lipinski definition) is 3. The van der Waals surface area contributed by atoms with Gasteiger partial charge in [-0.3, -0.25) is 4.99 Å². The molecule has 0 aromatic rings. The minimum atomic E-state index is 0.420. The molecule has 0 saturated heterocycles. The number of nitrogens with one attached hydrogen (secondary N) is 1. The molecule has 74 valence electrons. The molecule has 1 saturated carbocycles. The van der Waals surface area contributed by atoms with Gasteiger partial charge < -0.3 is 5.32 Å². The molecule has 1 fully saturated rings. The SMILES string of the molecule is CCC1(NC2=NCCCS2)CCC1. The monoisotopic (exact) mass is 198 g/mol. The van der Waals surface area contributed by atoms with E-state index in [-0.39, 0.29) is 0 Å². The minimum Gasteiger partial charge on any atom is -0.360 e. The molecular weight excluding hydrogens is 180 g/mol. The van der Waals surface area contributed by atoms with Crippen LogP contribution in [0.2, 0.25) is 0 Å². The smallest absolute Gasteiger partial charge is 0.156 e. The predicted octanol–water partition coefficient (Wildman–Crippen LogP) is 2.40. The first-order valence-corrected chi connectivity index (χ1v) is 6.29. The first-order valence-electron chi connectivity index (χ1n) is 5.30. The van der Waals surface area contributed by atoms with Crippen LogP contribution >= 0.6 is 11.8 Å². The molecule has 2 aliphatic rings. The number of hydrogen-bond donors (Lipinski definition) is 1. The van der Waals surface area contributed by atoms with Gasteiger partial charge in [0.1, 0.15) is 0 Å². The standard InChI is InChI=1S/C10H18N2S/c1-2-10(5-3-6-10)12-9-11-7-4-8-13-9/h2-8H2,1H3,(H,11,12). The molecule has 1 N–H and O–H groups in total. The van der Waals surface area contributed by atoms with Crippen LogP contribution in [-0.4, -0.2) is 23.0 Å². The van der Waals surface area contributed by atoms with Gasteiger partial charge in [-0.2, -0.15) is 0 Å². The molecule has 3 heteroatoms. The van der Waals surface area contributed by atoms with E-state index < -0.39 is 0 Å². The second-order valence-electron chi connectivity index (χ2n) is 4.00. The Morgan fingerprint density at radius 3 is 2.77 bits per heavy atom. The van der Waals surface area contributed by atoms with Crippen molar-refractivity contribution in [1.29, 1.82) is 0 Å². The molecule has 0 unspecified atom stereocenters. The summed E-state index contributed by atoms with van der Waals surface area (Å²) in [5.41, 5.74) is 0.420. The molecule has 0 aromatic heterocycles. The van der Waals surface area contributed by atoms with Crippen molar-refractivity contribution in [3.05, 3.63) is 0 Å². The van der Waals surface area contributed by atoms with Crippen LogP contribution in [-0.2, 0) is 0 Å². The van der Waals surface area contributed by atoms with Gasteiger partial charge in [-0.1, -0.05) is 18.7 Å². The second-order valence-corrected chi connectivity index (χ2v) is 5.08. The van der Waals surface area contributed by atoms with Crippen LogP contribution in [0.4, 0.5) is 0 Å². The number of thioether (sulfide) groups is 1. The molecule has 0 spiro atoms. The molecule has 1 aliphatic heterocycles. The largest absolute Gasteiger partial charge is 0.360 e. The molecule has 2 rings (SSSR count). The summed E-state index contributed by atoms with van der Waals surface area (Å²) < 4.78 is 0. The normalized spacial score (nSPS) is 26.1. The third-order valence-corrected chi connectivity index (χ3v) is 4.15. The molecule has 0 atom stereocenters. The highest BCUT2D eigenvalue weighted by atomic mass is 32.2. The van der Waals surface area contributed by atoms with Crippen LogP contribution in [0.25, 0.3) is 0 Å². The van der Waals surface area contributed by atoms with E-state index in [1.165, 1.54) is 43.0 Å². The van der Waals surface area contributed by atoms with Crippen molar-refractivity contribution in [2.75, 3.05) is 12.3 Å². The van der Waals surface area contributed by atoms with Gasteiger partial charge in [0.25, 0.3) is 0 Å². The Morgan fingerprint density at radius 2 is 2.31 bits per heavy atom. The van der Waals surface area contributed by atoms with Gasteiger partial charge >= 0.3 is 0 Å². The Hall–Kier alpha value is -0.180. The molecule has 0 bridgehead atoms. The quantitative estimate of drug-likeness (QED) is 0.737. The van der Waals surface area contributed by atoms with Crippen molar-refractivity contribution in [2.45, 2.75) is 44.6 Å². The maximum atomic E-state index is 4.51. The van der Waals surface area contributed by atoms with Gasteiger partial charge in [-0.25, -0.2) is 0 Å². The van der Waals surface area contributed by atoms with Gasteiger partial charge in [0, 0.05) is 17.8 Å². The highest BCUT2D eigenvalue weighted by molar-refractivity contribution is 8.13. The first kappa shape index (κ1) is 9.38. The maximum Gasteiger partial charge on any atom is 0.156 e. The lowest BCUT2D eigenvalue weighted by Crippen LogP contribution is -2.52. The van der Waals surface area contributed by atoms with Gasteiger partial charge in [-0.05, 0) is 32.1 Å². The van der Waals surface area contributed by atoms with E-state index in [9.17, 15) is 0 Å². The summed E-state index contributed by atoms with van der Waals surface area (Å²) >= 11 is 1.89. The maximum absolute atomic E-state index is 4.51.